The number of benzene rings is 1. The zero-order valence-corrected chi connectivity index (χ0v) is 12.1. The molecule has 1 aliphatic rings. The van der Waals surface area contributed by atoms with Crippen LogP contribution in [-0.4, -0.2) is 35.6 Å². The molecule has 1 aromatic rings. The van der Waals surface area contributed by atoms with Crippen molar-refractivity contribution in [2.45, 2.75) is 32.1 Å². The van der Waals surface area contributed by atoms with Gasteiger partial charge in [-0.3, -0.25) is 4.79 Å². The predicted octanol–water partition coefficient (Wildman–Crippen LogP) is 1.99. The van der Waals surface area contributed by atoms with Crippen LogP contribution in [0.4, 0.5) is 5.69 Å². The van der Waals surface area contributed by atoms with E-state index in [9.17, 15) is 4.79 Å². The Morgan fingerprint density at radius 3 is 3.05 bits per heavy atom. The van der Waals surface area contributed by atoms with E-state index in [-0.39, 0.29) is 18.4 Å². The topological polar surface area (TPSA) is 66.6 Å². The number of anilines is 1. The number of piperidine rings is 1. The van der Waals surface area contributed by atoms with Gasteiger partial charge in [0.1, 0.15) is 0 Å². The van der Waals surface area contributed by atoms with Crippen LogP contribution in [0.1, 0.15) is 37.7 Å². The Labute approximate surface area is 120 Å². The first-order valence-electron chi connectivity index (χ1n) is 7.37. The second-order valence-electron chi connectivity index (χ2n) is 5.70. The van der Waals surface area contributed by atoms with Crippen molar-refractivity contribution in [3.05, 3.63) is 29.8 Å². The molecule has 110 valence electrons. The number of likely N-dealkylation sites (tertiary alicyclic amines) is 1. The van der Waals surface area contributed by atoms with Crippen LogP contribution in [0.3, 0.4) is 0 Å². The summed E-state index contributed by atoms with van der Waals surface area (Å²) in [5.41, 5.74) is 7.45. The molecule has 4 heteroatoms. The molecule has 0 aliphatic carbocycles. The minimum atomic E-state index is -0.161. The van der Waals surface area contributed by atoms with E-state index in [0.29, 0.717) is 11.6 Å². The molecule has 0 aromatic heterocycles. The summed E-state index contributed by atoms with van der Waals surface area (Å²) in [6.07, 6.45) is 2.92. The van der Waals surface area contributed by atoms with Gasteiger partial charge in [0.25, 0.3) is 0 Å². The van der Waals surface area contributed by atoms with Crippen molar-refractivity contribution >= 4 is 11.6 Å². The van der Waals surface area contributed by atoms with Crippen molar-refractivity contribution in [2.75, 3.05) is 25.4 Å². The van der Waals surface area contributed by atoms with Gasteiger partial charge in [-0.2, -0.15) is 0 Å². The lowest BCUT2D eigenvalue weighted by Crippen LogP contribution is -2.42. The molecule has 1 aliphatic heterocycles. The number of carbonyl (C=O) groups excluding carboxylic acids is 1. The second-order valence-corrected chi connectivity index (χ2v) is 5.70. The number of nitrogens with zero attached hydrogens (tertiary/aromatic N) is 1. The van der Waals surface area contributed by atoms with Crippen molar-refractivity contribution in [2.24, 2.45) is 5.92 Å². The SMILES string of the molecule is CC(C(=O)N1CCCC(CCO)C1)c1cccc(N)c1. The highest BCUT2D eigenvalue weighted by molar-refractivity contribution is 5.83. The number of rotatable bonds is 4. The zero-order chi connectivity index (χ0) is 14.5. The van der Waals surface area contributed by atoms with Crippen LogP contribution >= 0.6 is 0 Å². The van der Waals surface area contributed by atoms with Crippen molar-refractivity contribution in [1.82, 2.24) is 4.90 Å². The molecular formula is C16H24N2O2. The van der Waals surface area contributed by atoms with Gasteiger partial charge in [-0.05, 0) is 49.8 Å². The van der Waals surface area contributed by atoms with Gasteiger partial charge in [-0.15, -0.1) is 0 Å². The lowest BCUT2D eigenvalue weighted by atomic mass is 9.92. The largest absolute Gasteiger partial charge is 0.399 e. The van der Waals surface area contributed by atoms with Gasteiger partial charge in [-0.25, -0.2) is 0 Å². The van der Waals surface area contributed by atoms with E-state index in [1.807, 2.05) is 36.1 Å². The first kappa shape index (κ1) is 14.9. The Kier molecular flexibility index (Phi) is 5.01. The molecular weight excluding hydrogens is 252 g/mol. The van der Waals surface area contributed by atoms with Gasteiger partial charge in [0, 0.05) is 25.4 Å². The molecule has 1 fully saturated rings. The first-order valence-corrected chi connectivity index (χ1v) is 7.37. The molecule has 1 aromatic carbocycles. The van der Waals surface area contributed by atoms with Crippen molar-refractivity contribution in [3.63, 3.8) is 0 Å². The van der Waals surface area contributed by atoms with Crippen LogP contribution in [0.25, 0.3) is 0 Å². The fraction of sp³-hybridized carbons (Fsp3) is 0.562. The molecule has 0 saturated carbocycles. The number of hydrogen-bond acceptors (Lipinski definition) is 3. The Balaban J connectivity index is 2.03. The third-order valence-electron chi connectivity index (χ3n) is 4.15. The summed E-state index contributed by atoms with van der Waals surface area (Å²) < 4.78 is 0. The Morgan fingerprint density at radius 2 is 2.35 bits per heavy atom. The zero-order valence-electron chi connectivity index (χ0n) is 12.1. The Bertz CT molecular complexity index is 460. The van der Waals surface area contributed by atoms with Crippen LogP contribution < -0.4 is 5.73 Å². The number of aliphatic hydroxyl groups is 1. The summed E-state index contributed by atoms with van der Waals surface area (Å²) in [5, 5.41) is 9.04. The van der Waals surface area contributed by atoms with Gasteiger partial charge in [0.05, 0.1) is 5.92 Å². The Morgan fingerprint density at radius 1 is 1.55 bits per heavy atom. The molecule has 2 atom stereocenters. The molecule has 0 bridgehead atoms. The minimum absolute atomic E-state index is 0.161. The fourth-order valence-electron chi connectivity index (χ4n) is 2.93. The van der Waals surface area contributed by atoms with Crippen molar-refractivity contribution < 1.29 is 9.90 Å². The van der Waals surface area contributed by atoms with Gasteiger partial charge in [0.15, 0.2) is 0 Å². The van der Waals surface area contributed by atoms with Crippen molar-refractivity contribution in [1.29, 1.82) is 0 Å². The smallest absolute Gasteiger partial charge is 0.229 e. The maximum Gasteiger partial charge on any atom is 0.229 e. The first-order chi connectivity index (χ1) is 9.61. The molecule has 1 amide bonds. The van der Waals surface area contributed by atoms with E-state index in [4.69, 9.17) is 10.8 Å². The summed E-state index contributed by atoms with van der Waals surface area (Å²) in [6.45, 7) is 3.74. The summed E-state index contributed by atoms with van der Waals surface area (Å²) in [7, 11) is 0. The van der Waals surface area contributed by atoms with Crippen LogP contribution in [0.5, 0.6) is 0 Å². The fourth-order valence-corrected chi connectivity index (χ4v) is 2.93. The molecule has 3 N–H and O–H groups in total. The van der Waals surface area contributed by atoms with E-state index >= 15 is 0 Å². The maximum absolute atomic E-state index is 12.6. The van der Waals surface area contributed by atoms with Gasteiger partial charge >= 0.3 is 0 Å². The number of aliphatic hydroxyl groups excluding tert-OH is 1. The average molecular weight is 276 g/mol. The minimum Gasteiger partial charge on any atom is -0.399 e. The van der Waals surface area contributed by atoms with Crippen LogP contribution in [-0.2, 0) is 4.79 Å². The van der Waals surface area contributed by atoms with Gasteiger partial charge in [-0.1, -0.05) is 12.1 Å². The van der Waals surface area contributed by atoms with Gasteiger partial charge in [0.2, 0.25) is 5.91 Å². The number of amides is 1. The monoisotopic (exact) mass is 276 g/mol. The third kappa shape index (κ3) is 3.51. The van der Waals surface area contributed by atoms with E-state index in [0.717, 1.165) is 37.9 Å². The lowest BCUT2D eigenvalue weighted by molar-refractivity contribution is -0.134. The third-order valence-corrected chi connectivity index (χ3v) is 4.15. The highest BCUT2D eigenvalue weighted by atomic mass is 16.3. The van der Waals surface area contributed by atoms with Gasteiger partial charge < -0.3 is 15.7 Å². The lowest BCUT2D eigenvalue weighted by Gasteiger charge is -2.34. The van der Waals surface area contributed by atoms with Crippen LogP contribution in [0.15, 0.2) is 24.3 Å². The summed E-state index contributed by atoms with van der Waals surface area (Å²) in [5.74, 6) is 0.440. The standard InChI is InChI=1S/C16H24N2O2/c1-12(14-5-2-6-15(17)10-14)16(20)18-8-3-4-13(11-18)7-9-19/h2,5-6,10,12-13,19H,3-4,7-9,11,17H2,1H3. The summed E-state index contributed by atoms with van der Waals surface area (Å²) in [4.78, 5) is 14.5. The highest BCUT2D eigenvalue weighted by Crippen LogP contribution is 2.25. The molecule has 0 radical (unpaired) electrons. The molecule has 1 saturated heterocycles. The Hall–Kier alpha value is -1.55. The summed E-state index contributed by atoms with van der Waals surface area (Å²) >= 11 is 0. The number of nitrogen functional groups attached to an aromatic ring is 1. The molecule has 1 heterocycles. The number of hydrogen-bond donors (Lipinski definition) is 2. The molecule has 20 heavy (non-hydrogen) atoms. The van der Waals surface area contributed by atoms with E-state index in [2.05, 4.69) is 0 Å². The highest BCUT2D eigenvalue weighted by Gasteiger charge is 2.27. The maximum atomic E-state index is 12.6. The molecule has 2 rings (SSSR count). The molecule has 0 spiro atoms. The van der Waals surface area contributed by atoms with Crippen LogP contribution in [0, 0.1) is 5.92 Å². The van der Waals surface area contributed by atoms with E-state index in [1.54, 1.807) is 0 Å². The van der Waals surface area contributed by atoms with E-state index < -0.39 is 0 Å². The van der Waals surface area contributed by atoms with Crippen molar-refractivity contribution in [3.8, 4) is 0 Å². The number of carbonyl (C=O) groups is 1. The van der Waals surface area contributed by atoms with E-state index in [1.165, 1.54) is 0 Å². The summed E-state index contributed by atoms with van der Waals surface area (Å²) in [6, 6.07) is 7.55. The molecule has 4 nitrogen and oxygen atoms in total. The second kappa shape index (κ2) is 6.75. The number of nitrogens with two attached hydrogens (primary N) is 1. The van der Waals surface area contributed by atoms with Crippen LogP contribution in [0.2, 0.25) is 0 Å². The quantitative estimate of drug-likeness (QED) is 0.827. The predicted molar refractivity (Wildman–Crippen MR) is 80.3 cm³/mol. The normalized spacial score (nSPS) is 20.7. The average Bonchev–Trinajstić information content (AvgIpc) is 2.46. The molecule has 2 unspecified atom stereocenters.